The number of nitrogens with zero attached hydrogens (tertiary/aromatic N) is 2. The molecule has 0 saturated carbocycles. The van der Waals surface area contributed by atoms with Crippen LogP contribution in [0.25, 0.3) is 0 Å². The zero-order valence-corrected chi connectivity index (χ0v) is 20.3. The molecule has 0 unspecified atom stereocenters. The molecular formula is C24H26BrN3O2S. The number of hydrogen-bond donors (Lipinski definition) is 1. The van der Waals surface area contributed by atoms with E-state index in [2.05, 4.69) is 26.2 Å². The molecular weight excluding hydrogens is 474 g/mol. The summed E-state index contributed by atoms with van der Waals surface area (Å²) >= 11 is 4.94. The molecule has 1 N–H and O–H groups in total. The highest BCUT2D eigenvalue weighted by atomic mass is 79.9. The third-order valence-electron chi connectivity index (χ3n) is 4.96. The van der Waals surface area contributed by atoms with Crippen LogP contribution in [0.15, 0.2) is 63.0 Å². The zero-order chi connectivity index (χ0) is 22.4. The van der Waals surface area contributed by atoms with Crippen LogP contribution in [-0.4, -0.2) is 21.2 Å². The second kappa shape index (κ2) is 10.8. The normalized spacial score (nSPS) is 10.8. The van der Waals surface area contributed by atoms with Crippen LogP contribution in [0.1, 0.15) is 35.2 Å². The largest absolute Gasteiger partial charge is 0.326 e. The molecule has 162 valence electrons. The Hall–Kier alpha value is -2.38. The fraction of sp³-hybridized carbons (Fsp3) is 0.292. The Kier molecular flexibility index (Phi) is 8.09. The Balaban J connectivity index is 1.55. The maximum absolute atomic E-state index is 12.9. The van der Waals surface area contributed by atoms with E-state index in [0.717, 1.165) is 27.0 Å². The molecule has 5 nitrogen and oxygen atoms in total. The van der Waals surface area contributed by atoms with Gasteiger partial charge in [0.05, 0.1) is 0 Å². The molecule has 7 heteroatoms. The molecule has 1 aromatic heterocycles. The fourth-order valence-corrected chi connectivity index (χ4v) is 4.34. The summed E-state index contributed by atoms with van der Waals surface area (Å²) < 4.78 is 2.62. The molecule has 2 aromatic carbocycles. The maximum atomic E-state index is 12.9. The van der Waals surface area contributed by atoms with Crippen molar-refractivity contribution in [3.05, 3.63) is 85.7 Å². The van der Waals surface area contributed by atoms with Gasteiger partial charge in [-0.25, -0.2) is 4.98 Å². The molecule has 31 heavy (non-hydrogen) atoms. The molecule has 0 spiro atoms. The first-order valence-electron chi connectivity index (χ1n) is 10.1. The summed E-state index contributed by atoms with van der Waals surface area (Å²) in [5.41, 5.74) is 4.49. The summed E-state index contributed by atoms with van der Waals surface area (Å²) in [5, 5.41) is 3.59. The van der Waals surface area contributed by atoms with E-state index in [1.807, 2.05) is 62.4 Å². The van der Waals surface area contributed by atoms with E-state index in [1.165, 1.54) is 11.8 Å². The average molecular weight is 500 g/mol. The SMILES string of the molecule is Cc1ccc(NC(=O)CCCSc2nc(C)c(Cc3ccc(Br)cc3)c(=O)n2C)cc1. The number of thioether (sulfide) groups is 1. The van der Waals surface area contributed by atoms with E-state index < -0.39 is 0 Å². The molecule has 1 heterocycles. The van der Waals surface area contributed by atoms with Gasteiger partial charge in [-0.15, -0.1) is 0 Å². The quantitative estimate of drug-likeness (QED) is 0.260. The van der Waals surface area contributed by atoms with Gasteiger partial charge in [-0.3, -0.25) is 14.2 Å². The molecule has 0 aliphatic heterocycles. The van der Waals surface area contributed by atoms with Crippen LogP contribution in [-0.2, 0) is 18.3 Å². The molecule has 0 radical (unpaired) electrons. The highest BCUT2D eigenvalue weighted by Gasteiger charge is 2.13. The van der Waals surface area contributed by atoms with Crippen LogP contribution in [0.4, 0.5) is 5.69 Å². The van der Waals surface area contributed by atoms with Gasteiger partial charge >= 0.3 is 0 Å². The highest BCUT2D eigenvalue weighted by molar-refractivity contribution is 9.10. The van der Waals surface area contributed by atoms with E-state index in [1.54, 1.807) is 11.6 Å². The predicted molar refractivity (Wildman–Crippen MR) is 131 cm³/mol. The number of benzene rings is 2. The lowest BCUT2D eigenvalue weighted by Crippen LogP contribution is -2.25. The van der Waals surface area contributed by atoms with Crippen molar-refractivity contribution < 1.29 is 4.79 Å². The van der Waals surface area contributed by atoms with E-state index in [0.29, 0.717) is 35.7 Å². The standard InChI is InChI=1S/C24H26BrN3O2S/c1-16-6-12-20(13-7-16)27-22(29)5-4-14-31-24-26-17(2)21(23(30)28(24)3)15-18-8-10-19(25)11-9-18/h6-13H,4-5,14-15H2,1-3H3,(H,27,29). The smallest absolute Gasteiger partial charge is 0.257 e. The minimum absolute atomic E-state index is 0.00710. The zero-order valence-electron chi connectivity index (χ0n) is 17.9. The summed E-state index contributed by atoms with van der Waals surface area (Å²) in [6.45, 7) is 3.90. The molecule has 1 amide bonds. The van der Waals surface area contributed by atoms with Gasteiger partial charge in [0, 0.05) is 47.1 Å². The van der Waals surface area contributed by atoms with Crippen molar-refractivity contribution >= 4 is 39.3 Å². The summed E-state index contributed by atoms with van der Waals surface area (Å²) in [4.78, 5) is 29.7. The number of aryl methyl sites for hydroxylation is 2. The fourth-order valence-electron chi connectivity index (χ4n) is 3.13. The lowest BCUT2D eigenvalue weighted by atomic mass is 10.1. The van der Waals surface area contributed by atoms with Crippen molar-refractivity contribution in [3.8, 4) is 0 Å². The molecule has 0 aliphatic carbocycles. The molecule has 0 saturated heterocycles. The van der Waals surface area contributed by atoms with Crippen molar-refractivity contribution in [2.75, 3.05) is 11.1 Å². The van der Waals surface area contributed by atoms with E-state index in [4.69, 9.17) is 0 Å². The lowest BCUT2D eigenvalue weighted by Gasteiger charge is -2.12. The van der Waals surface area contributed by atoms with E-state index in [-0.39, 0.29) is 11.5 Å². The first kappa shape index (κ1) is 23.3. The maximum Gasteiger partial charge on any atom is 0.257 e. The van der Waals surface area contributed by atoms with Crippen LogP contribution in [0.3, 0.4) is 0 Å². The Morgan fingerprint density at radius 3 is 2.45 bits per heavy atom. The van der Waals surface area contributed by atoms with Gasteiger partial charge in [0.15, 0.2) is 5.16 Å². The van der Waals surface area contributed by atoms with Crippen LogP contribution in [0.5, 0.6) is 0 Å². The van der Waals surface area contributed by atoms with Gasteiger partial charge in [0.2, 0.25) is 5.91 Å². The number of halogens is 1. The number of amides is 1. The van der Waals surface area contributed by atoms with Crippen molar-refractivity contribution in [1.82, 2.24) is 9.55 Å². The highest BCUT2D eigenvalue weighted by Crippen LogP contribution is 2.19. The number of anilines is 1. The van der Waals surface area contributed by atoms with Crippen LogP contribution in [0, 0.1) is 13.8 Å². The number of carbonyl (C=O) groups excluding carboxylic acids is 1. The molecule has 3 aromatic rings. The van der Waals surface area contributed by atoms with Crippen LogP contribution in [0.2, 0.25) is 0 Å². The molecule has 0 bridgehead atoms. The van der Waals surface area contributed by atoms with Crippen molar-refractivity contribution in [2.45, 2.75) is 38.3 Å². The average Bonchev–Trinajstić information content (AvgIpc) is 2.75. The number of nitrogens with one attached hydrogen (secondary N) is 1. The summed E-state index contributed by atoms with van der Waals surface area (Å²) in [7, 11) is 1.76. The van der Waals surface area contributed by atoms with Crippen molar-refractivity contribution in [3.63, 3.8) is 0 Å². The first-order chi connectivity index (χ1) is 14.8. The Labute approximate surface area is 195 Å². The molecule has 3 rings (SSSR count). The number of carbonyl (C=O) groups is 1. The molecule has 0 aliphatic rings. The first-order valence-corrected chi connectivity index (χ1v) is 11.9. The molecule has 0 atom stereocenters. The van der Waals surface area contributed by atoms with Crippen LogP contribution >= 0.6 is 27.7 Å². The summed E-state index contributed by atoms with van der Waals surface area (Å²) in [6, 6.07) is 15.7. The Morgan fingerprint density at radius 2 is 1.77 bits per heavy atom. The third kappa shape index (κ3) is 6.55. The van der Waals surface area contributed by atoms with Gasteiger partial charge in [0.25, 0.3) is 5.56 Å². The monoisotopic (exact) mass is 499 g/mol. The van der Waals surface area contributed by atoms with E-state index in [9.17, 15) is 9.59 Å². The van der Waals surface area contributed by atoms with Crippen LogP contribution < -0.4 is 10.9 Å². The van der Waals surface area contributed by atoms with Gasteiger partial charge in [-0.1, -0.05) is 57.5 Å². The van der Waals surface area contributed by atoms with Gasteiger partial charge in [0.1, 0.15) is 0 Å². The number of aromatic nitrogens is 2. The minimum atomic E-state index is -0.0185. The van der Waals surface area contributed by atoms with E-state index >= 15 is 0 Å². The van der Waals surface area contributed by atoms with Gasteiger partial charge < -0.3 is 5.32 Å². The summed E-state index contributed by atoms with van der Waals surface area (Å²) in [6.07, 6.45) is 1.69. The summed E-state index contributed by atoms with van der Waals surface area (Å²) in [5.74, 6) is 0.708. The lowest BCUT2D eigenvalue weighted by molar-refractivity contribution is -0.116. The topological polar surface area (TPSA) is 64.0 Å². The molecule has 0 fully saturated rings. The Morgan fingerprint density at radius 1 is 1.10 bits per heavy atom. The van der Waals surface area contributed by atoms with Gasteiger partial charge in [-0.2, -0.15) is 0 Å². The number of hydrogen-bond acceptors (Lipinski definition) is 4. The van der Waals surface area contributed by atoms with Crippen molar-refractivity contribution in [1.29, 1.82) is 0 Å². The van der Waals surface area contributed by atoms with Gasteiger partial charge in [-0.05, 0) is 50.1 Å². The van der Waals surface area contributed by atoms with Crippen molar-refractivity contribution in [2.24, 2.45) is 7.05 Å². The third-order valence-corrected chi connectivity index (χ3v) is 6.60. The predicted octanol–water partition coefficient (Wildman–Crippen LogP) is 5.26. The minimum Gasteiger partial charge on any atom is -0.326 e. The second-order valence-corrected chi connectivity index (χ2v) is 9.47. The second-order valence-electron chi connectivity index (χ2n) is 7.49. The number of rotatable bonds is 8. The Bertz CT molecular complexity index is 1110.